The van der Waals surface area contributed by atoms with Crippen molar-refractivity contribution in [2.75, 3.05) is 33.3 Å². The Morgan fingerprint density at radius 3 is 2.03 bits per heavy atom. The smallest absolute Gasteiger partial charge is 0.414 e. The molecular formula is C24H33BrN2O5. The molecule has 1 aliphatic heterocycles. The number of methoxy groups -OCH3 is 1. The monoisotopic (exact) mass is 508 g/mol. The van der Waals surface area contributed by atoms with E-state index in [1.807, 2.05) is 0 Å². The van der Waals surface area contributed by atoms with Crippen LogP contribution in [-0.2, 0) is 16.1 Å². The Hall–Kier alpha value is -1.64. The van der Waals surface area contributed by atoms with E-state index in [9.17, 15) is 0 Å². The molecule has 0 atom stereocenters. The maximum atomic E-state index is 9.10. The predicted molar refractivity (Wildman–Crippen MR) is 124 cm³/mol. The second-order valence-corrected chi connectivity index (χ2v) is 10.7. The molecular weight excluding hydrogens is 476 g/mol. The van der Waals surface area contributed by atoms with Gasteiger partial charge in [-0.25, -0.2) is 9.59 Å². The number of aliphatic carboxylic acids is 2. The van der Waals surface area contributed by atoms with Crippen LogP contribution in [0.5, 0.6) is 5.75 Å². The molecule has 5 fully saturated rings. The molecule has 8 heteroatoms. The highest BCUT2D eigenvalue weighted by Crippen LogP contribution is 2.55. The van der Waals surface area contributed by atoms with E-state index >= 15 is 0 Å². The molecule has 0 amide bonds. The average Bonchev–Trinajstić information content (AvgIpc) is 2.75. The van der Waals surface area contributed by atoms with E-state index in [2.05, 4.69) is 43.9 Å². The second-order valence-electron chi connectivity index (χ2n) is 9.80. The van der Waals surface area contributed by atoms with Crippen molar-refractivity contribution in [1.82, 2.24) is 9.80 Å². The molecule has 1 saturated heterocycles. The van der Waals surface area contributed by atoms with Crippen LogP contribution in [0.15, 0.2) is 22.7 Å². The molecule has 2 N–H and O–H groups in total. The molecule has 7 nitrogen and oxygen atoms in total. The molecule has 1 aromatic carbocycles. The molecule has 0 unspecified atom stereocenters. The Balaban J connectivity index is 0.000000363. The van der Waals surface area contributed by atoms with Gasteiger partial charge in [-0.05, 0) is 74.0 Å². The zero-order valence-electron chi connectivity index (χ0n) is 18.6. The van der Waals surface area contributed by atoms with Gasteiger partial charge in [0, 0.05) is 48.8 Å². The van der Waals surface area contributed by atoms with Gasteiger partial charge in [0.2, 0.25) is 0 Å². The van der Waals surface area contributed by atoms with Crippen molar-refractivity contribution >= 4 is 27.9 Å². The van der Waals surface area contributed by atoms with Gasteiger partial charge in [0.05, 0.1) is 7.11 Å². The molecule has 0 radical (unpaired) electrons. The maximum absolute atomic E-state index is 9.10. The van der Waals surface area contributed by atoms with Crippen LogP contribution < -0.4 is 4.74 Å². The second kappa shape index (κ2) is 10.1. The van der Waals surface area contributed by atoms with E-state index in [4.69, 9.17) is 24.5 Å². The third-order valence-corrected chi connectivity index (χ3v) is 8.32. The molecule has 0 spiro atoms. The van der Waals surface area contributed by atoms with Crippen LogP contribution in [-0.4, -0.2) is 71.3 Å². The fraction of sp³-hybridized carbons (Fsp3) is 0.667. The number of hydrogen-bond donors (Lipinski definition) is 2. The zero-order valence-corrected chi connectivity index (χ0v) is 20.2. The highest BCUT2D eigenvalue weighted by atomic mass is 79.9. The summed E-state index contributed by atoms with van der Waals surface area (Å²) in [5.41, 5.74) is 1.30. The number of ether oxygens (including phenoxy) is 1. The summed E-state index contributed by atoms with van der Waals surface area (Å²) in [6, 6.07) is 7.25. The molecule has 32 heavy (non-hydrogen) atoms. The fourth-order valence-corrected chi connectivity index (χ4v) is 7.23. The van der Waals surface area contributed by atoms with E-state index in [1.165, 1.54) is 57.4 Å². The van der Waals surface area contributed by atoms with E-state index in [0.29, 0.717) is 0 Å². The Morgan fingerprint density at radius 2 is 1.53 bits per heavy atom. The van der Waals surface area contributed by atoms with Crippen molar-refractivity contribution in [3.05, 3.63) is 28.2 Å². The van der Waals surface area contributed by atoms with Crippen molar-refractivity contribution in [3.63, 3.8) is 0 Å². The summed E-state index contributed by atoms with van der Waals surface area (Å²) in [4.78, 5) is 23.7. The number of piperazine rings is 1. The van der Waals surface area contributed by atoms with E-state index in [-0.39, 0.29) is 0 Å². The first kappa shape index (κ1) is 23.5. The summed E-state index contributed by atoms with van der Waals surface area (Å²) >= 11 is 3.61. The van der Waals surface area contributed by atoms with Gasteiger partial charge in [-0.15, -0.1) is 0 Å². The van der Waals surface area contributed by atoms with Gasteiger partial charge in [-0.3, -0.25) is 9.80 Å². The third kappa shape index (κ3) is 5.29. The minimum atomic E-state index is -1.82. The minimum Gasteiger partial charge on any atom is -0.496 e. The number of carboxylic acids is 2. The van der Waals surface area contributed by atoms with Gasteiger partial charge in [0.15, 0.2) is 0 Å². The maximum Gasteiger partial charge on any atom is 0.414 e. The van der Waals surface area contributed by atoms with Crippen LogP contribution in [0.4, 0.5) is 0 Å². The number of rotatable bonds is 4. The van der Waals surface area contributed by atoms with Crippen molar-refractivity contribution < 1.29 is 24.5 Å². The fourth-order valence-electron chi connectivity index (χ4n) is 6.82. The Labute approximate surface area is 197 Å². The molecule has 4 saturated carbocycles. The van der Waals surface area contributed by atoms with Crippen molar-refractivity contribution in [1.29, 1.82) is 0 Å². The summed E-state index contributed by atoms with van der Waals surface area (Å²) in [7, 11) is 1.77. The van der Waals surface area contributed by atoms with Crippen molar-refractivity contribution in [3.8, 4) is 5.75 Å². The summed E-state index contributed by atoms with van der Waals surface area (Å²) < 4.78 is 6.70. The molecule has 6 rings (SSSR count). The molecule has 4 aliphatic carbocycles. The number of benzene rings is 1. The standard InChI is InChI=1S/C22H31BrN2O.C2H2O4/c1-26-21-3-2-20(23)13-19(21)14-24-4-6-25(7-5-24)22-17-9-15-8-16(11-17)12-18(22)10-15;3-1(4)2(5)6/h2-3,13,15-18,22H,4-12,14H2,1H3;(H,3,4)(H,5,6). The summed E-state index contributed by atoms with van der Waals surface area (Å²) in [5.74, 6) is 1.56. The zero-order chi connectivity index (χ0) is 22.8. The van der Waals surface area contributed by atoms with Gasteiger partial charge in [0.25, 0.3) is 0 Å². The molecule has 5 aliphatic rings. The molecule has 176 valence electrons. The Bertz CT molecular complexity index is 800. The Morgan fingerprint density at radius 1 is 0.969 bits per heavy atom. The van der Waals surface area contributed by atoms with E-state index < -0.39 is 11.9 Å². The highest BCUT2D eigenvalue weighted by Gasteiger charge is 2.50. The van der Waals surface area contributed by atoms with Crippen LogP contribution >= 0.6 is 15.9 Å². The van der Waals surface area contributed by atoms with Crippen LogP contribution in [0.2, 0.25) is 0 Å². The van der Waals surface area contributed by atoms with Crippen LogP contribution in [0.3, 0.4) is 0 Å². The first-order valence-corrected chi connectivity index (χ1v) is 12.4. The summed E-state index contributed by atoms with van der Waals surface area (Å²) in [6.45, 7) is 5.89. The number of carbonyl (C=O) groups is 2. The van der Waals surface area contributed by atoms with E-state index in [0.717, 1.165) is 46.5 Å². The number of hydrogen-bond acceptors (Lipinski definition) is 5. The van der Waals surface area contributed by atoms with Crippen LogP contribution in [0.1, 0.15) is 37.7 Å². The molecule has 1 aromatic rings. The first-order chi connectivity index (χ1) is 15.3. The van der Waals surface area contributed by atoms with Gasteiger partial charge < -0.3 is 14.9 Å². The lowest BCUT2D eigenvalue weighted by atomic mass is 9.54. The summed E-state index contributed by atoms with van der Waals surface area (Å²) in [6.07, 6.45) is 7.70. The largest absolute Gasteiger partial charge is 0.496 e. The average molecular weight is 509 g/mol. The minimum absolute atomic E-state index is 0.908. The van der Waals surface area contributed by atoms with Crippen molar-refractivity contribution in [2.24, 2.45) is 23.7 Å². The van der Waals surface area contributed by atoms with Gasteiger partial charge in [0.1, 0.15) is 5.75 Å². The number of carboxylic acid groups (broad SMARTS) is 2. The highest BCUT2D eigenvalue weighted by molar-refractivity contribution is 9.10. The third-order valence-electron chi connectivity index (χ3n) is 7.82. The molecule has 4 bridgehead atoms. The summed E-state index contributed by atoms with van der Waals surface area (Å²) in [5, 5.41) is 14.8. The number of nitrogens with zero attached hydrogens (tertiary/aromatic N) is 2. The normalized spacial score (nSPS) is 31.6. The van der Waals surface area contributed by atoms with Gasteiger partial charge in [-0.1, -0.05) is 15.9 Å². The van der Waals surface area contributed by atoms with Crippen molar-refractivity contribution in [2.45, 2.75) is 44.7 Å². The quantitative estimate of drug-likeness (QED) is 0.600. The number of halogens is 1. The van der Waals surface area contributed by atoms with Gasteiger partial charge >= 0.3 is 11.9 Å². The van der Waals surface area contributed by atoms with E-state index in [1.54, 1.807) is 13.5 Å². The van der Waals surface area contributed by atoms with Gasteiger partial charge in [-0.2, -0.15) is 0 Å². The first-order valence-electron chi connectivity index (χ1n) is 11.6. The van der Waals surface area contributed by atoms with Crippen LogP contribution in [0, 0.1) is 23.7 Å². The van der Waals surface area contributed by atoms with Crippen LogP contribution in [0.25, 0.3) is 0 Å². The predicted octanol–water partition coefficient (Wildman–Crippen LogP) is 3.56. The lowest BCUT2D eigenvalue weighted by Gasteiger charge is -2.58. The molecule has 1 heterocycles. The Kier molecular flexibility index (Phi) is 7.42. The lowest BCUT2D eigenvalue weighted by molar-refractivity contribution is -0.159. The molecule has 0 aromatic heterocycles. The lowest BCUT2D eigenvalue weighted by Crippen LogP contribution is -2.60. The topological polar surface area (TPSA) is 90.3 Å². The SMILES string of the molecule is COc1ccc(Br)cc1CN1CCN(C2C3CC4CC(C3)CC2C4)CC1.O=C(O)C(=O)O.